The van der Waals surface area contributed by atoms with E-state index in [1.807, 2.05) is 51.1 Å². The normalized spacial score (nSPS) is 14.1. The predicted molar refractivity (Wildman–Crippen MR) is 110 cm³/mol. The smallest absolute Gasteiger partial charge is 0.268 e. The Hall–Kier alpha value is -3.59. The molecule has 1 aliphatic rings. The van der Waals surface area contributed by atoms with Gasteiger partial charge in [-0.25, -0.2) is 15.0 Å². The molecule has 1 saturated carbocycles. The first-order chi connectivity index (χ1) is 14.2. The molecule has 0 atom stereocenters. The Morgan fingerprint density at radius 3 is 2.90 bits per heavy atom. The monoisotopic (exact) mass is 401 g/mol. The van der Waals surface area contributed by atoms with Crippen molar-refractivity contribution in [3.8, 4) is 22.6 Å². The van der Waals surface area contributed by atoms with Crippen molar-refractivity contribution in [2.24, 2.45) is 5.73 Å². The van der Waals surface area contributed by atoms with E-state index in [2.05, 4.69) is 9.97 Å². The number of primary amides is 1. The van der Waals surface area contributed by atoms with Gasteiger partial charge in [-0.2, -0.15) is 5.10 Å². The Kier molecular flexibility index (Phi) is 3.36. The molecule has 0 spiro atoms. The quantitative estimate of drug-likeness (QED) is 0.498. The maximum atomic E-state index is 11.8. The van der Waals surface area contributed by atoms with E-state index < -0.39 is 5.91 Å². The summed E-state index contributed by atoms with van der Waals surface area (Å²) in [6.45, 7) is 0. The predicted octanol–water partition coefficient (Wildman–Crippen LogP) is 3.30. The molecule has 0 radical (unpaired) electrons. The molecule has 1 fully saturated rings. The number of benzene rings is 1. The van der Waals surface area contributed by atoms with E-state index >= 15 is 0 Å². The third kappa shape index (κ3) is 2.54. The van der Waals surface area contributed by atoms with Gasteiger partial charge >= 0.3 is 0 Å². The number of carbonyl (C=O) groups is 1. The third-order valence-electron chi connectivity index (χ3n) is 5.18. The fourth-order valence-electron chi connectivity index (χ4n) is 3.65. The van der Waals surface area contributed by atoms with Gasteiger partial charge in [0, 0.05) is 28.7 Å². The fraction of sp³-hybridized carbons (Fsp3) is 0.150. The molecule has 9 heteroatoms. The SMILES string of the molecule is NC(=O)c1ncnc2ccc(-c3c(-c4ccn(C5CC5)n4)nc4sccn34)cc12. The van der Waals surface area contributed by atoms with Gasteiger partial charge in [-0.15, -0.1) is 11.3 Å². The average Bonchev–Trinajstić information content (AvgIpc) is 3.13. The van der Waals surface area contributed by atoms with Crippen molar-refractivity contribution < 1.29 is 4.79 Å². The first-order valence-corrected chi connectivity index (χ1v) is 10.1. The Labute approximate surface area is 168 Å². The highest BCUT2D eigenvalue weighted by Crippen LogP contribution is 2.38. The lowest BCUT2D eigenvalue weighted by molar-refractivity contribution is 0.0997. The first kappa shape index (κ1) is 16.4. The molecule has 1 aliphatic carbocycles. The van der Waals surface area contributed by atoms with Crippen LogP contribution in [0.15, 0.2) is 48.4 Å². The molecule has 4 aromatic heterocycles. The summed E-state index contributed by atoms with van der Waals surface area (Å²) in [6.07, 6.45) is 7.71. The van der Waals surface area contributed by atoms with E-state index in [0.29, 0.717) is 16.9 Å². The second-order valence-corrected chi connectivity index (χ2v) is 7.97. The summed E-state index contributed by atoms with van der Waals surface area (Å²) < 4.78 is 4.07. The second-order valence-electron chi connectivity index (χ2n) is 7.10. The summed E-state index contributed by atoms with van der Waals surface area (Å²) in [7, 11) is 0. The van der Waals surface area contributed by atoms with Crippen molar-refractivity contribution in [2.75, 3.05) is 0 Å². The van der Waals surface area contributed by atoms with Crippen LogP contribution in [0.4, 0.5) is 0 Å². The van der Waals surface area contributed by atoms with Gasteiger partial charge in [0.1, 0.15) is 23.4 Å². The number of carbonyl (C=O) groups excluding carboxylic acids is 1. The number of rotatable bonds is 4. The van der Waals surface area contributed by atoms with Gasteiger partial charge in [0.2, 0.25) is 0 Å². The summed E-state index contributed by atoms with van der Waals surface area (Å²) in [5.74, 6) is -0.577. The number of nitrogens with zero attached hydrogens (tertiary/aromatic N) is 6. The molecule has 4 heterocycles. The van der Waals surface area contributed by atoms with Gasteiger partial charge in [0.15, 0.2) is 4.96 Å². The van der Waals surface area contributed by atoms with E-state index in [1.54, 1.807) is 11.3 Å². The summed E-state index contributed by atoms with van der Waals surface area (Å²) in [6, 6.07) is 8.26. The molecule has 0 saturated heterocycles. The number of nitrogens with two attached hydrogens (primary N) is 1. The Bertz CT molecular complexity index is 1410. The highest BCUT2D eigenvalue weighted by molar-refractivity contribution is 7.15. The minimum absolute atomic E-state index is 0.211. The first-order valence-electron chi connectivity index (χ1n) is 9.25. The summed E-state index contributed by atoms with van der Waals surface area (Å²) in [4.78, 5) is 25.9. The standard InChI is InChI=1S/C20H15N7OS/c21-19(28)16-13-9-11(1-4-14(13)22-10-23-16)18-17(24-20-26(18)7-8-29-20)15-5-6-27(25-15)12-2-3-12/h1,4-10,12H,2-3H2,(H2,21,28). The third-order valence-corrected chi connectivity index (χ3v) is 5.93. The van der Waals surface area contributed by atoms with Gasteiger partial charge < -0.3 is 5.73 Å². The van der Waals surface area contributed by atoms with Crippen LogP contribution < -0.4 is 5.73 Å². The maximum absolute atomic E-state index is 11.8. The largest absolute Gasteiger partial charge is 0.364 e. The average molecular weight is 401 g/mol. The fourth-order valence-corrected chi connectivity index (χ4v) is 4.36. The Morgan fingerprint density at radius 2 is 2.07 bits per heavy atom. The van der Waals surface area contributed by atoms with E-state index in [1.165, 1.54) is 19.2 Å². The maximum Gasteiger partial charge on any atom is 0.268 e. The summed E-state index contributed by atoms with van der Waals surface area (Å²) in [5, 5.41) is 7.38. The van der Waals surface area contributed by atoms with Crippen LogP contribution in [0.1, 0.15) is 29.4 Å². The van der Waals surface area contributed by atoms with Crippen molar-refractivity contribution in [3.63, 3.8) is 0 Å². The van der Waals surface area contributed by atoms with E-state index in [-0.39, 0.29) is 5.69 Å². The lowest BCUT2D eigenvalue weighted by atomic mass is 10.0. The van der Waals surface area contributed by atoms with Gasteiger partial charge in [-0.05, 0) is 31.0 Å². The van der Waals surface area contributed by atoms with E-state index in [4.69, 9.17) is 15.8 Å². The van der Waals surface area contributed by atoms with E-state index in [9.17, 15) is 4.79 Å². The Balaban J connectivity index is 1.59. The van der Waals surface area contributed by atoms with Crippen LogP contribution >= 0.6 is 11.3 Å². The van der Waals surface area contributed by atoms with Crippen LogP contribution in [0.3, 0.4) is 0 Å². The second kappa shape index (κ2) is 5.95. The number of thiazole rings is 1. The van der Waals surface area contributed by atoms with Crippen LogP contribution in [0.25, 0.3) is 38.5 Å². The number of imidazole rings is 1. The van der Waals surface area contributed by atoms with Gasteiger partial charge in [0.25, 0.3) is 5.91 Å². The van der Waals surface area contributed by atoms with Crippen LogP contribution in [0.2, 0.25) is 0 Å². The minimum Gasteiger partial charge on any atom is -0.364 e. The molecule has 8 nitrogen and oxygen atoms in total. The van der Waals surface area contributed by atoms with Crippen molar-refractivity contribution in [2.45, 2.75) is 18.9 Å². The number of amides is 1. The van der Waals surface area contributed by atoms with Crippen molar-refractivity contribution >= 4 is 33.1 Å². The number of hydrogen-bond acceptors (Lipinski definition) is 6. The molecule has 0 bridgehead atoms. The molecule has 0 unspecified atom stereocenters. The summed E-state index contributed by atoms with van der Waals surface area (Å²) >= 11 is 1.57. The molecule has 142 valence electrons. The highest BCUT2D eigenvalue weighted by Gasteiger charge is 2.26. The van der Waals surface area contributed by atoms with Crippen LogP contribution in [-0.4, -0.2) is 35.0 Å². The lowest BCUT2D eigenvalue weighted by Crippen LogP contribution is -2.13. The van der Waals surface area contributed by atoms with Crippen LogP contribution in [-0.2, 0) is 0 Å². The number of hydrogen-bond donors (Lipinski definition) is 1. The zero-order valence-corrected chi connectivity index (χ0v) is 16.0. The van der Waals surface area contributed by atoms with Gasteiger partial charge in [-0.3, -0.25) is 13.9 Å². The molecule has 2 N–H and O–H groups in total. The molecule has 5 aromatic rings. The minimum atomic E-state index is -0.577. The zero-order chi connectivity index (χ0) is 19.5. The molecule has 0 aliphatic heterocycles. The van der Waals surface area contributed by atoms with Crippen molar-refractivity contribution in [1.82, 2.24) is 29.1 Å². The molecule has 1 aromatic carbocycles. The van der Waals surface area contributed by atoms with Crippen LogP contribution in [0.5, 0.6) is 0 Å². The Morgan fingerprint density at radius 1 is 1.17 bits per heavy atom. The van der Waals surface area contributed by atoms with Crippen LogP contribution in [0, 0.1) is 0 Å². The molecule has 1 amide bonds. The number of fused-ring (bicyclic) bond motifs is 2. The van der Waals surface area contributed by atoms with Crippen molar-refractivity contribution in [1.29, 1.82) is 0 Å². The topological polar surface area (TPSA) is 104 Å². The molecular formula is C20H15N7OS. The van der Waals surface area contributed by atoms with Gasteiger partial charge in [-0.1, -0.05) is 6.07 Å². The highest BCUT2D eigenvalue weighted by atomic mass is 32.1. The lowest BCUT2D eigenvalue weighted by Gasteiger charge is -2.07. The summed E-state index contributed by atoms with van der Waals surface area (Å²) in [5.41, 5.74) is 9.87. The van der Waals surface area contributed by atoms with Crippen molar-refractivity contribution in [3.05, 3.63) is 54.1 Å². The zero-order valence-electron chi connectivity index (χ0n) is 15.2. The number of aromatic nitrogens is 6. The molecule has 29 heavy (non-hydrogen) atoms. The molecular weight excluding hydrogens is 386 g/mol. The van der Waals surface area contributed by atoms with E-state index in [0.717, 1.165) is 27.6 Å². The van der Waals surface area contributed by atoms with Gasteiger partial charge in [0.05, 0.1) is 17.3 Å². The molecule has 6 rings (SSSR count).